The summed E-state index contributed by atoms with van der Waals surface area (Å²) in [4.78, 5) is 29.9. The third-order valence-corrected chi connectivity index (χ3v) is 6.65. The molecule has 33 heavy (non-hydrogen) atoms. The van der Waals surface area contributed by atoms with Gasteiger partial charge in [0.1, 0.15) is 0 Å². The number of oxime groups is 1. The van der Waals surface area contributed by atoms with Gasteiger partial charge in [-0.1, -0.05) is 28.6 Å². The first kappa shape index (κ1) is 24.4. The van der Waals surface area contributed by atoms with Gasteiger partial charge < -0.3 is 9.57 Å². The van der Waals surface area contributed by atoms with Crippen LogP contribution in [0, 0.1) is 5.13 Å². The Morgan fingerprint density at radius 2 is 1.91 bits per heavy atom. The van der Waals surface area contributed by atoms with Gasteiger partial charge in [0, 0.05) is 31.7 Å². The largest absolute Gasteiger partial charge is 0.387 e. The summed E-state index contributed by atoms with van der Waals surface area (Å²) in [7, 11) is -2.01. The van der Waals surface area contributed by atoms with Crippen molar-refractivity contribution in [1.29, 1.82) is 0 Å². The summed E-state index contributed by atoms with van der Waals surface area (Å²) in [6, 6.07) is 7.27. The molecule has 0 aliphatic rings. The molecule has 0 saturated carbocycles. The number of anilines is 1. The number of methoxy groups -OCH3 is 1. The number of rotatable bonds is 11. The van der Waals surface area contributed by atoms with Gasteiger partial charge in [0.25, 0.3) is 5.91 Å². The maximum Gasteiger partial charge on any atom is 0.280 e. The first-order chi connectivity index (χ1) is 15.9. The third-order valence-electron chi connectivity index (χ3n) is 4.13. The van der Waals surface area contributed by atoms with Gasteiger partial charge in [0.2, 0.25) is 0 Å². The van der Waals surface area contributed by atoms with E-state index in [1.807, 2.05) is 0 Å². The lowest BCUT2D eigenvalue weighted by atomic mass is 10.1. The van der Waals surface area contributed by atoms with Crippen molar-refractivity contribution < 1.29 is 27.2 Å². The summed E-state index contributed by atoms with van der Waals surface area (Å²) in [6.45, 7) is 0.226. The average molecular weight is 494 g/mol. The minimum atomic E-state index is -3.51. The van der Waals surface area contributed by atoms with Crippen LogP contribution in [0.15, 0.2) is 59.0 Å². The molecule has 0 aliphatic heterocycles. The smallest absolute Gasteiger partial charge is 0.280 e. The van der Waals surface area contributed by atoms with Gasteiger partial charge in [-0.15, -0.1) is 0 Å². The summed E-state index contributed by atoms with van der Waals surface area (Å²) in [5.41, 5.74) is 0.124. The standard InChI is InChI=1S/C20H20FN5O5S2/c1-30-10-3-11-33(28,29)15-6-4-14(5-7-15)18(19(27)25-20-24-12-16(21)32-20)26-31-13-17-22-8-2-9-23-17/h2,4-9,12H,3,10-11,13H2,1H3,(H,24,25,27)/b26-18+. The number of carbonyl (C=O) groups excluding carboxylic acids is 1. The summed E-state index contributed by atoms with van der Waals surface area (Å²) in [5, 5.41) is 5.80. The number of carbonyl (C=O) groups is 1. The van der Waals surface area contributed by atoms with Crippen molar-refractivity contribution >= 4 is 37.9 Å². The molecule has 0 fully saturated rings. The number of aromatic nitrogens is 3. The number of halogens is 1. The zero-order valence-corrected chi connectivity index (χ0v) is 19.1. The predicted molar refractivity (Wildman–Crippen MR) is 119 cm³/mol. The Bertz CT molecular complexity index is 1200. The first-order valence-corrected chi connectivity index (χ1v) is 12.1. The molecule has 0 aliphatic carbocycles. The van der Waals surface area contributed by atoms with Crippen LogP contribution in [0.25, 0.3) is 0 Å². The molecule has 174 valence electrons. The fourth-order valence-electron chi connectivity index (χ4n) is 2.58. The molecule has 0 atom stereocenters. The predicted octanol–water partition coefficient (Wildman–Crippen LogP) is 2.44. The van der Waals surface area contributed by atoms with Crippen molar-refractivity contribution in [3.8, 4) is 0 Å². The molecule has 3 aromatic rings. The number of benzene rings is 1. The molecule has 2 heterocycles. The van der Waals surface area contributed by atoms with E-state index in [1.165, 1.54) is 43.8 Å². The molecular formula is C20H20FN5O5S2. The summed E-state index contributed by atoms with van der Waals surface area (Å²) < 4.78 is 43.0. The lowest BCUT2D eigenvalue weighted by molar-refractivity contribution is -0.110. The number of amides is 1. The lowest BCUT2D eigenvalue weighted by Crippen LogP contribution is -2.24. The molecule has 0 unspecified atom stereocenters. The van der Waals surface area contributed by atoms with E-state index in [1.54, 1.807) is 6.07 Å². The van der Waals surface area contributed by atoms with Gasteiger partial charge in [0.15, 0.2) is 38.2 Å². The summed E-state index contributed by atoms with van der Waals surface area (Å²) >= 11 is 0.650. The van der Waals surface area contributed by atoms with Crippen LogP contribution in [0.3, 0.4) is 0 Å². The number of nitrogens with zero attached hydrogens (tertiary/aromatic N) is 4. The maximum atomic E-state index is 13.2. The van der Waals surface area contributed by atoms with Crippen LogP contribution in [0.5, 0.6) is 0 Å². The highest BCUT2D eigenvalue weighted by atomic mass is 32.2. The Morgan fingerprint density at radius 3 is 2.55 bits per heavy atom. The minimum absolute atomic E-state index is 0.0360. The van der Waals surface area contributed by atoms with Crippen molar-refractivity contribution in [3.05, 3.63) is 65.4 Å². The molecule has 0 saturated heterocycles. The summed E-state index contributed by atoms with van der Waals surface area (Å²) in [5.74, 6) is -0.438. The number of sulfone groups is 1. The molecule has 13 heteroatoms. The molecule has 1 aromatic carbocycles. The van der Waals surface area contributed by atoms with Gasteiger partial charge in [-0.25, -0.2) is 23.4 Å². The van der Waals surface area contributed by atoms with Gasteiger partial charge in [0.05, 0.1) is 16.8 Å². The van der Waals surface area contributed by atoms with E-state index in [4.69, 9.17) is 9.57 Å². The zero-order chi connectivity index (χ0) is 23.7. The van der Waals surface area contributed by atoms with Crippen molar-refractivity contribution in [2.75, 3.05) is 24.8 Å². The molecule has 1 amide bonds. The minimum Gasteiger partial charge on any atom is -0.387 e. The number of ether oxygens (including phenoxy) is 1. The van der Waals surface area contributed by atoms with Crippen molar-refractivity contribution in [3.63, 3.8) is 0 Å². The molecule has 1 N–H and O–H groups in total. The van der Waals surface area contributed by atoms with Crippen LogP contribution in [0.1, 0.15) is 17.8 Å². The second-order valence-electron chi connectivity index (χ2n) is 6.49. The lowest BCUT2D eigenvalue weighted by Gasteiger charge is -2.08. The Kier molecular flexibility index (Phi) is 8.52. The fraction of sp³-hybridized carbons (Fsp3) is 0.250. The quantitative estimate of drug-likeness (QED) is 0.245. The Labute approximate surface area is 193 Å². The number of hydrogen-bond acceptors (Lipinski definition) is 10. The second kappa shape index (κ2) is 11.5. The molecule has 0 bridgehead atoms. The van der Waals surface area contributed by atoms with E-state index < -0.39 is 20.9 Å². The van der Waals surface area contributed by atoms with E-state index in [2.05, 4.69) is 25.4 Å². The SMILES string of the molecule is COCCCS(=O)(=O)c1ccc(/C(=N\OCc2ncccn2)C(=O)Nc2ncc(F)s2)cc1. The van der Waals surface area contributed by atoms with Crippen LogP contribution in [0.2, 0.25) is 0 Å². The highest BCUT2D eigenvalue weighted by Crippen LogP contribution is 2.18. The summed E-state index contributed by atoms with van der Waals surface area (Å²) in [6.07, 6.45) is 4.40. The van der Waals surface area contributed by atoms with Gasteiger partial charge in [-0.3, -0.25) is 10.1 Å². The molecular weight excluding hydrogens is 473 g/mol. The van der Waals surface area contributed by atoms with E-state index in [0.717, 1.165) is 6.20 Å². The Morgan fingerprint density at radius 1 is 1.18 bits per heavy atom. The van der Waals surface area contributed by atoms with E-state index in [-0.39, 0.29) is 33.7 Å². The van der Waals surface area contributed by atoms with Crippen molar-refractivity contribution in [2.24, 2.45) is 5.16 Å². The van der Waals surface area contributed by atoms with Crippen molar-refractivity contribution in [1.82, 2.24) is 15.0 Å². The topological polar surface area (TPSA) is 133 Å². The first-order valence-electron chi connectivity index (χ1n) is 9.59. The van der Waals surface area contributed by atoms with Gasteiger partial charge >= 0.3 is 0 Å². The fourth-order valence-corrected chi connectivity index (χ4v) is 4.41. The van der Waals surface area contributed by atoms with Crippen LogP contribution in [-0.4, -0.2) is 54.5 Å². The molecule has 2 aromatic heterocycles. The number of thiazole rings is 1. The normalized spacial score (nSPS) is 11.9. The van der Waals surface area contributed by atoms with Crippen LogP contribution in [0.4, 0.5) is 9.52 Å². The molecule has 0 spiro atoms. The van der Waals surface area contributed by atoms with Crippen LogP contribution >= 0.6 is 11.3 Å². The van der Waals surface area contributed by atoms with E-state index in [9.17, 15) is 17.6 Å². The van der Waals surface area contributed by atoms with E-state index >= 15 is 0 Å². The second-order valence-corrected chi connectivity index (χ2v) is 9.58. The maximum absolute atomic E-state index is 13.2. The average Bonchev–Trinajstić information content (AvgIpc) is 3.22. The Hall–Kier alpha value is -3.29. The zero-order valence-electron chi connectivity index (χ0n) is 17.5. The van der Waals surface area contributed by atoms with Crippen LogP contribution < -0.4 is 5.32 Å². The number of hydrogen-bond donors (Lipinski definition) is 1. The van der Waals surface area contributed by atoms with Gasteiger partial charge in [-0.2, -0.15) is 4.39 Å². The van der Waals surface area contributed by atoms with Gasteiger partial charge in [-0.05, 0) is 24.6 Å². The Balaban J connectivity index is 1.81. The van der Waals surface area contributed by atoms with Crippen molar-refractivity contribution in [2.45, 2.75) is 17.9 Å². The molecule has 0 radical (unpaired) electrons. The third kappa shape index (κ3) is 7.10. The molecule has 10 nitrogen and oxygen atoms in total. The molecule has 3 rings (SSSR count). The monoisotopic (exact) mass is 493 g/mol. The van der Waals surface area contributed by atoms with E-state index in [0.29, 0.717) is 30.2 Å². The highest BCUT2D eigenvalue weighted by molar-refractivity contribution is 7.91. The highest BCUT2D eigenvalue weighted by Gasteiger charge is 2.20. The van der Waals surface area contributed by atoms with Crippen LogP contribution in [-0.2, 0) is 30.8 Å². The number of nitrogens with one attached hydrogen (secondary N) is 1.